The Balaban J connectivity index is 1.88. The van der Waals surface area contributed by atoms with E-state index in [4.69, 9.17) is 16.3 Å². The maximum atomic E-state index is 13.1. The molecule has 0 radical (unpaired) electrons. The molecular weight excluding hydrogens is 357 g/mol. The van der Waals surface area contributed by atoms with Gasteiger partial charge in [-0.05, 0) is 49.4 Å². The van der Waals surface area contributed by atoms with Crippen molar-refractivity contribution < 1.29 is 13.9 Å². The third-order valence-corrected chi connectivity index (χ3v) is 4.10. The molecule has 2 aromatic heterocycles. The van der Waals surface area contributed by atoms with Crippen molar-refractivity contribution in [2.24, 2.45) is 0 Å². The minimum absolute atomic E-state index is 0.297. The minimum Gasteiger partial charge on any atom is -0.495 e. The fraction of sp³-hybridized carbons (Fsp3) is 0.105. The second-order valence-corrected chi connectivity index (χ2v) is 5.91. The van der Waals surface area contributed by atoms with Gasteiger partial charge in [0.15, 0.2) is 0 Å². The molecule has 132 valence electrons. The van der Waals surface area contributed by atoms with E-state index in [-0.39, 0.29) is 5.91 Å². The average Bonchev–Trinajstić information content (AvgIpc) is 2.63. The fourth-order valence-electron chi connectivity index (χ4n) is 2.43. The van der Waals surface area contributed by atoms with Gasteiger partial charge in [0.2, 0.25) is 5.95 Å². The first-order valence-electron chi connectivity index (χ1n) is 7.72. The molecule has 0 aliphatic rings. The minimum atomic E-state index is -0.626. The van der Waals surface area contributed by atoms with Gasteiger partial charge in [-0.1, -0.05) is 11.6 Å². The molecule has 2 heterocycles. The third kappa shape index (κ3) is 3.81. The Kier molecular flexibility index (Phi) is 5.14. The first-order chi connectivity index (χ1) is 12.5. The van der Waals surface area contributed by atoms with E-state index < -0.39 is 5.95 Å². The van der Waals surface area contributed by atoms with Crippen molar-refractivity contribution in [3.05, 3.63) is 70.9 Å². The van der Waals surface area contributed by atoms with E-state index in [9.17, 15) is 9.18 Å². The van der Waals surface area contributed by atoms with Gasteiger partial charge in [-0.25, -0.2) is 4.98 Å². The maximum Gasteiger partial charge on any atom is 0.257 e. The highest BCUT2D eigenvalue weighted by Gasteiger charge is 2.13. The lowest BCUT2D eigenvalue weighted by molar-refractivity contribution is 0.102. The lowest BCUT2D eigenvalue weighted by atomic mass is 10.1. The summed E-state index contributed by atoms with van der Waals surface area (Å²) in [5, 5.41) is 3.27. The zero-order valence-electron chi connectivity index (χ0n) is 14.1. The van der Waals surface area contributed by atoms with Crippen LogP contribution in [0.4, 0.5) is 10.1 Å². The molecule has 0 saturated carbocycles. The number of ether oxygens (including phenoxy) is 1. The molecule has 0 fully saturated rings. The third-order valence-electron chi connectivity index (χ3n) is 3.77. The summed E-state index contributed by atoms with van der Waals surface area (Å²) in [7, 11) is 1.56. The number of carbonyl (C=O) groups excluding carboxylic acids is 1. The molecule has 3 aromatic rings. The number of methoxy groups -OCH3 is 1. The van der Waals surface area contributed by atoms with Crippen LogP contribution < -0.4 is 10.1 Å². The largest absolute Gasteiger partial charge is 0.495 e. The van der Waals surface area contributed by atoms with Gasteiger partial charge in [0.05, 0.1) is 35.3 Å². The number of pyridine rings is 2. The molecule has 3 rings (SSSR count). The molecule has 0 saturated heterocycles. The Morgan fingerprint density at radius 1 is 1.19 bits per heavy atom. The number of hydrogen-bond donors (Lipinski definition) is 1. The molecule has 5 nitrogen and oxygen atoms in total. The molecule has 0 atom stereocenters. The summed E-state index contributed by atoms with van der Waals surface area (Å²) < 4.78 is 18.2. The zero-order chi connectivity index (χ0) is 18.7. The Hall–Kier alpha value is -2.99. The van der Waals surface area contributed by atoms with E-state index in [1.165, 1.54) is 6.07 Å². The summed E-state index contributed by atoms with van der Waals surface area (Å²) in [6, 6.07) is 11.2. The Bertz CT molecular complexity index is 961. The predicted octanol–water partition coefficient (Wildman–Crippen LogP) is 4.51. The van der Waals surface area contributed by atoms with Crippen molar-refractivity contribution in [3.8, 4) is 17.0 Å². The summed E-state index contributed by atoms with van der Waals surface area (Å²) in [5.41, 5.74) is 2.46. The van der Waals surface area contributed by atoms with E-state index in [2.05, 4.69) is 15.3 Å². The van der Waals surface area contributed by atoms with Gasteiger partial charge in [-0.3, -0.25) is 9.78 Å². The van der Waals surface area contributed by atoms with Crippen LogP contribution in [0.25, 0.3) is 11.3 Å². The number of aromatic nitrogens is 2. The van der Waals surface area contributed by atoms with Crippen molar-refractivity contribution >= 4 is 23.2 Å². The molecule has 0 spiro atoms. The lowest BCUT2D eigenvalue weighted by Crippen LogP contribution is -2.14. The van der Waals surface area contributed by atoms with Crippen LogP contribution in [0.1, 0.15) is 16.1 Å². The van der Waals surface area contributed by atoms with Crippen LogP contribution in [-0.2, 0) is 0 Å². The second-order valence-electron chi connectivity index (χ2n) is 5.50. The van der Waals surface area contributed by atoms with Crippen LogP contribution in [0.2, 0.25) is 5.02 Å². The van der Waals surface area contributed by atoms with Crippen molar-refractivity contribution in [2.45, 2.75) is 6.92 Å². The van der Waals surface area contributed by atoms with Crippen molar-refractivity contribution in [1.82, 2.24) is 9.97 Å². The lowest BCUT2D eigenvalue weighted by Gasteiger charge is -2.10. The topological polar surface area (TPSA) is 64.1 Å². The zero-order valence-corrected chi connectivity index (χ0v) is 14.8. The van der Waals surface area contributed by atoms with Crippen molar-refractivity contribution in [1.29, 1.82) is 0 Å². The van der Waals surface area contributed by atoms with Crippen LogP contribution in [0.5, 0.6) is 5.75 Å². The standard InChI is InChI=1S/C19H15ClFN3O2/c1-11-14(5-8-18(21)23-11)19(25)24-12-3-6-16(20)15(9-12)17-7-4-13(26-2)10-22-17/h3-10H,1-2H3,(H,24,25). The van der Waals surface area contributed by atoms with Crippen molar-refractivity contribution in [2.75, 3.05) is 12.4 Å². The summed E-state index contributed by atoms with van der Waals surface area (Å²) in [4.78, 5) is 20.4. The molecule has 1 aromatic carbocycles. The van der Waals surface area contributed by atoms with E-state index in [1.807, 2.05) is 0 Å². The van der Waals surface area contributed by atoms with Crippen LogP contribution in [0.15, 0.2) is 48.7 Å². The van der Waals surface area contributed by atoms with Gasteiger partial charge in [0, 0.05) is 11.3 Å². The molecule has 26 heavy (non-hydrogen) atoms. The van der Waals surface area contributed by atoms with E-state index >= 15 is 0 Å². The fourth-order valence-corrected chi connectivity index (χ4v) is 2.64. The highest BCUT2D eigenvalue weighted by atomic mass is 35.5. The smallest absolute Gasteiger partial charge is 0.257 e. The number of halogens is 2. The molecule has 0 aliphatic carbocycles. The normalized spacial score (nSPS) is 10.5. The van der Waals surface area contributed by atoms with Crippen molar-refractivity contribution in [3.63, 3.8) is 0 Å². The van der Waals surface area contributed by atoms with Crippen LogP contribution in [-0.4, -0.2) is 23.0 Å². The number of benzene rings is 1. The summed E-state index contributed by atoms with van der Waals surface area (Å²) >= 11 is 6.26. The number of nitrogens with zero attached hydrogens (tertiary/aromatic N) is 2. The molecule has 0 aliphatic heterocycles. The first kappa shape index (κ1) is 17.8. The molecule has 7 heteroatoms. The van der Waals surface area contributed by atoms with Gasteiger partial charge in [0.25, 0.3) is 5.91 Å². The molecular formula is C19H15ClFN3O2. The molecule has 0 unspecified atom stereocenters. The highest BCUT2D eigenvalue weighted by Crippen LogP contribution is 2.30. The average molecular weight is 372 g/mol. The Labute approximate surface area is 154 Å². The Morgan fingerprint density at radius 3 is 2.65 bits per heavy atom. The maximum absolute atomic E-state index is 13.1. The number of aryl methyl sites for hydroxylation is 1. The van der Waals surface area contributed by atoms with Gasteiger partial charge in [-0.2, -0.15) is 4.39 Å². The van der Waals surface area contributed by atoms with E-state index in [0.29, 0.717) is 39.0 Å². The van der Waals surface area contributed by atoms with Gasteiger partial charge >= 0.3 is 0 Å². The summed E-state index contributed by atoms with van der Waals surface area (Å²) in [5.74, 6) is -0.377. The SMILES string of the molecule is COc1ccc(-c2cc(NC(=O)c3ccc(F)nc3C)ccc2Cl)nc1. The summed E-state index contributed by atoms with van der Waals surface area (Å²) in [6.45, 7) is 1.58. The van der Waals surface area contributed by atoms with E-state index in [1.54, 1.807) is 50.6 Å². The van der Waals surface area contributed by atoms with Gasteiger partial charge in [-0.15, -0.1) is 0 Å². The molecule has 0 bridgehead atoms. The predicted molar refractivity (Wildman–Crippen MR) is 98.1 cm³/mol. The molecule has 1 amide bonds. The van der Waals surface area contributed by atoms with Gasteiger partial charge < -0.3 is 10.1 Å². The monoisotopic (exact) mass is 371 g/mol. The first-order valence-corrected chi connectivity index (χ1v) is 8.10. The number of carbonyl (C=O) groups is 1. The second kappa shape index (κ2) is 7.49. The van der Waals surface area contributed by atoms with Crippen LogP contribution in [0, 0.1) is 12.9 Å². The number of amides is 1. The number of nitrogens with one attached hydrogen (secondary N) is 1. The number of hydrogen-bond acceptors (Lipinski definition) is 4. The van der Waals surface area contributed by atoms with Crippen LogP contribution in [0.3, 0.4) is 0 Å². The quantitative estimate of drug-likeness (QED) is 0.685. The van der Waals surface area contributed by atoms with E-state index in [0.717, 1.165) is 6.07 Å². The highest BCUT2D eigenvalue weighted by molar-refractivity contribution is 6.33. The Morgan fingerprint density at radius 2 is 2.00 bits per heavy atom. The summed E-state index contributed by atoms with van der Waals surface area (Å²) in [6.07, 6.45) is 1.59. The van der Waals surface area contributed by atoms with Crippen LogP contribution >= 0.6 is 11.6 Å². The number of rotatable bonds is 4. The van der Waals surface area contributed by atoms with Gasteiger partial charge in [0.1, 0.15) is 5.75 Å². The number of anilines is 1. The molecule has 1 N–H and O–H groups in total.